The molecule has 1 aromatic rings. The number of hydrogen-bond donors (Lipinski definition) is 1. The zero-order chi connectivity index (χ0) is 15.7. The molecule has 1 amide bonds. The van der Waals surface area contributed by atoms with Gasteiger partial charge in [0.25, 0.3) is 0 Å². The highest BCUT2D eigenvalue weighted by Crippen LogP contribution is 2.25. The Bertz CT molecular complexity index is 645. The summed E-state index contributed by atoms with van der Waals surface area (Å²) in [4.78, 5) is 15.4. The van der Waals surface area contributed by atoms with Gasteiger partial charge in [-0.15, -0.1) is 0 Å². The van der Waals surface area contributed by atoms with Crippen LogP contribution in [0.1, 0.15) is 0 Å². The number of ether oxygens (including phenoxy) is 1. The molecule has 22 heavy (non-hydrogen) atoms. The van der Waals surface area contributed by atoms with E-state index in [1.807, 2.05) is 29.2 Å². The van der Waals surface area contributed by atoms with Crippen LogP contribution in [0.25, 0.3) is 0 Å². The summed E-state index contributed by atoms with van der Waals surface area (Å²) in [6.07, 6.45) is -0.647. The number of nitrogens with two attached hydrogens (primary N) is 1. The summed E-state index contributed by atoms with van der Waals surface area (Å²) in [7, 11) is -2.88. The van der Waals surface area contributed by atoms with Crippen molar-refractivity contribution in [3.8, 4) is 0 Å². The molecule has 1 atom stereocenters. The summed E-state index contributed by atoms with van der Waals surface area (Å²) in [5.74, 6) is 0.372. The van der Waals surface area contributed by atoms with Gasteiger partial charge in [-0.1, -0.05) is 0 Å². The second-order valence-corrected chi connectivity index (χ2v) is 7.81. The summed E-state index contributed by atoms with van der Waals surface area (Å²) >= 11 is 0. The van der Waals surface area contributed by atoms with Crippen molar-refractivity contribution in [2.45, 2.75) is 6.10 Å². The Kier molecular flexibility index (Phi) is 3.96. The third-order valence-corrected chi connectivity index (χ3v) is 5.62. The fraction of sp³-hybridized carbons (Fsp3) is 0.500. The number of sulfone groups is 1. The van der Waals surface area contributed by atoms with Crippen LogP contribution in [0, 0.1) is 0 Å². The second kappa shape index (κ2) is 5.77. The Morgan fingerprint density at radius 2 is 1.73 bits per heavy atom. The molecule has 2 aliphatic rings. The molecule has 7 nitrogen and oxygen atoms in total. The Labute approximate surface area is 129 Å². The first kappa shape index (κ1) is 15.1. The van der Waals surface area contributed by atoms with Gasteiger partial charge in [0.15, 0.2) is 9.84 Å². The molecule has 2 fully saturated rings. The highest BCUT2D eigenvalue weighted by Gasteiger charge is 2.31. The molecule has 2 heterocycles. The summed E-state index contributed by atoms with van der Waals surface area (Å²) in [6, 6.07) is 7.49. The van der Waals surface area contributed by atoms with E-state index in [0.29, 0.717) is 26.2 Å². The minimum Gasteiger partial charge on any atom is -0.443 e. The normalized spacial score (nSPS) is 24.4. The summed E-state index contributed by atoms with van der Waals surface area (Å²) in [5, 5.41) is 0. The zero-order valence-electron chi connectivity index (χ0n) is 12.1. The van der Waals surface area contributed by atoms with Crippen LogP contribution < -0.4 is 15.5 Å². The topological polar surface area (TPSA) is 92.9 Å². The quantitative estimate of drug-likeness (QED) is 0.854. The summed E-state index contributed by atoms with van der Waals surface area (Å²) < 4.78 is 28.0. The number of cyclic esters (lactones) is 1. The number of carbonyl (C=O) groups is 1. The minimum atomic E-state index is -2.88. The molecule has 8 heteroatoms. The lowest BCUT2D eigenvalue weighted by atomic mass is 10.2. The maximum absolute atomic E-state index is 11.8. The van der Waals surface area contributed by atoms with E-state index in [-0.39, 0.29) is 23.7 Å². The van der Waals surface area contributed by atoms with Crippen LogP contribution >= 0.6 is 0 Å². The molecule has 2 aliphatic heterocycles. The molecule has 2 N–H and O–H groups in total. The van der Waals surface area contributed by atoms with Crippen molar-refractivity contribution in [2.24, 2.45) is 5.73 Å². The van der Waals surface area contributed by atoms with Gasteiger partial charge in [0.05, 0.1) is 18.1 Å². The number of carbonyl (C=O) groups excluding carboxylic acids is 1. The molecule has 0 aromatic heterocycles. The van der Waals surface area contributed by atoms with Crippen molar-refractivity contribution in [3.63, 3.8) is 0 Å². The number of hydrogen-bond acceptors (Lipinski definition) is 6. The van der Waals surface area contributed by atoms with Crippen LogP contribution in [0.4, 0.5) is 16.2 Å². The standard InChI is InChI=1S/C14H19N3O4S/c15-9-13-10-17(14(18)21-13)12-3-1-11(2-4-12)16-5-7-22(19,20)8-6-16/h1-4,13H,5-10,15H2. The van der Waals surface area contributed by atoms with Crippen LogP contribution in [0.3, 0.4) is 0 Å². The molecule has 3 rings (SSSR count). The van der Waals surface area contributed by atoms with Gasteiger partial charge in [0, 0.05) is 31.0 Å². The summed E-state index contributed by atoms with van der Waals surface area (Å²) in [5.41, 5.74) is 7.24. The predicted molar refractivity (Wildman–Crippen MR) is 84.0 cm³/mol. The molecule has 0 aliphatic carbocycles. The van der Waals surface area contributed by atoms with Gasteiger partial charge in [0.2, 0.25) is 0 Å². The monoisotopic (exact) mass is 325 g/mol. The van der Waals surface area contributed by atoms with Crippen molar-refractivity contribution in [3.05, 3.63) is 24.3 Å². The maximum Gasteiger partial charge on any atom is 0.414 e. The van der Waals surface area contributed by atoms with Gasteiger partial charge in [-0.25, -0.2) is 13.2 Å². The van der Waals surface area contributed by atoms with Crippen molar-refractivity contribution in [2.75, 3.05) is 47.5 Å². The Hall–Kier alpha value is -1.80. The lowest BCUT2D eigenvalue weighted by Crippen LogP contribution is -2.40. The first-order valence-corrected chi connectivity index (χ1v) is 9.04. The van der Waals surface area contributed by atoms with Crippen LogP contribution in [-0.4, -0.2) is 58.3 Å². The predicted octanol–water partition coefficient (Wildman–Crippen LogP) is 0.205. The molecule has 2 saturated heterocycles. The Morgan fingerprint density at radius 1 is 1.14 bits per heavy atom. The van der Waals surface area contributed by atoms with Crippen LogP contribution in [0.5, 0.6) is 0 Å². The zero-order valence-corrected chi connectivity index (χ0v) is 13.0. The van der Waals surface area contributed by atoms with E-state index in [2.05, 4.69) is 0 Å². The highest BCUT2D eigenvalue weighted by molar-refractivity contribution is 7.91. The molecule has 0 bridgehead atoms. The van der Waals surface area contributed by atoms with E-state index in [1.165, 1.54) is 0 Å². The Balaban J connectivity index is 1.70. The largest absolute Gasteiger partial charge is 0.443 e. The number of nitrogens with zero attached hydrogens (tertiary/aromatic N) is 2. The molecular weight excluding hydrogens is 306 g/mol. The first-order chi connectivity index (χ1) is 10.5. The smallest absolute Gasteiger partial charge is 0.414 e. The van der Waals surface area contributed by atoms with Gasteiger partial charge in [-0.3, -0.25) is 4.90 Å². The average molecular weight is 325 g/mol. The fourth-order valence-corrected chi connectivity index (χ4v) is 3.87. The van der Waals surface area contributed by atoms with E-state index >= 15 is 0 Å². The third kappa shape index (κ3) is 3.02. The minimum absolute atomic E-state index is 0.186. The SMILES string of the molecule is NCC1CN(c2ccc(N3CCS(=O)(=O)CC3)cc2)C(=O)O1. The van der Waals surface area contributed by atoms with Gasteiger partial charge in [-0.2, -0.15) is 0 Å². The van der Waals surface area contributed by atoms with Crippen LogP contribution in [-0.2, 0) is 14.6 Å². The van der Waals surface area contributed by atoms with Gasteiger partial charge < -0.3 is 15.4 Å². The van der Waals surface area contributed by atoms with E-state index < -0.39 is 9.84 Å². The molecule has 1 aromatic carbocycles. The highest BCUT2D eigenvalue weighted by atomic mass is 32.2. The number of benzene rings is 1. The van der Waals surface area contributed by atoms with E-state index in [4.69, 9.17) is 10.5 Å². The maximum atomic E-state index is 11.8. The molecule has 1 unspecified atom stereocenters. The molecular formula is C14H19N3O4S. The third-order valence-electron chi connectivity index (χ3n) is 4.01. The molecule has 0 spiro atoms. The number of rotatable bonds is 3. The van der Waals surface area contributed by atoms with Crippen LogP contribution in [0.2, 0.25) is 0 Å². The molecule has 120 valence electrons. The summed E-state index contributed by atoms with van der Waals surface area (Å²) in [6.45, 7) is 1.77. The van der Waals surface area contributed by atoms with Crippen molar-refractivity contribution in [1.29, 1.82) is 0 Å². The van der Waals surface area contributed by atoms with E-state index in [0.717, 1.165) is 11.4 Å². The van der Waals surface area contributed by atoms with Crippen molar-refractivity contribution in [1.82, 2.24) is 0 Å². The van der Waals surface area contributed by atoms with Gasteiger partial charge >= 0.3 is 6.09 Å². The van der Waals surface area contributed by atoms with E-state index in [1.54, 1.807) is 4.90 Å². The fourth-order valence-electron chi connectivity index (χ4n) is 2.67. The van der Waals surface area contributed by atoms with Gasteiger partial charge in [-0.05, 0) is 24.3 Å². The second-order valence-electron chi connectivity index (χ2n) is 5.51. The van der Waals surface area contributed by atoms with Crippen LogP contribution in [0.15, 0.2) is 24.3 Å². The first-order valence-electron chi connectivity index (χ1n) is 7.22. The molecule has 0 radical (unpaired) electrons. The van der Waals surface area contributed by atoms with Crippen molar-refractivity contribution >= 4 is 27.3 Å². The number of amides is 1. The lowest BCUT2D eigenvalue weighted by Gasteiger charge is -2.29. The van der Waals surface area contributed by atoms with E-state index in [9.17, 15) is 13.2 Å². The van der Waals surface area contributed by atoms with Gasteiger partial charge in [0.1, 0.15) is 6.10 Å². The average Bonchev–Trinajstić information content (AvgIpc) is 2.89. The number of anilines is 2. The Morgan fingerprint density at radius 3 is 2.27 bits per heavy atom. The molecule has 0 saturated carbocycles. The van der Waals surface area contributed by atoms with Crippen molar-refractivity contribution < 1.29 is 17.9 Å². The lowest BCUT2D eigenvalue weighted by molar-refractivity contribution is 0.145.